The lowest BCUT2D eigenvalue weighted by atomic mass is 9.96. The van der Waals surface area contributed by atoms with Crippen LogP contribution in [0.25, 0.3) is 10.9 Å². The van der Waals surface area contributed by atoms with Gasteiger partial charge in [-0.2, -0.15) is 13.2 Å². The molecule has 2 aromatic carbocycles. The zero-order valence-electron chi connectivity index (χ0n) is 22.6. The van der Waals surface area contributed by atoms with Crippen LogP contribution < -0.4 is 25.1 Å². The minimum Gasteiger partial charge on any atom is -0.492 e. The zero-order chi connectivity index (χ0) is 32.6. The molecule has 1 fully saturated rings. The number of alkyl halides is 6. The van der Waals surface area contributed by atoms with Gasteiger partial charge in [0.2, 0.25) is 5.43 Å². The van der Waals surface area contributed by atoms with Gasteiger partial charge in [-0.3, -0.25) is 14.4 Å². The Balaban J connectivity index is 1.73. The highest BCUT2D eigenvalue weighted by Gasteiger charge is 2.34. The van der Waals surface area contributed by atoms with Crippen LogP contribution in [0.2, 0.25) is 5.02 Å². The van der Waals surface area contributed by atoms with E-state index in [-0.39, 0.29) is 42.2 Å². The molecule has 1 aliphatic rings. The summed E-state index contributed by atoms with van der Waals surface area (Å²) in [4.78, 5) is 39.1. The number of carboxylic acid groups (broad SMARTS) is 1. The number of amides is 1. The standard InChI is InChI=1S/C27H23ClF7N3O6/c1-43-23-20-16(9-19(29)21(23)37-6-4-13(5-7-37)25(41)42)22(39)17(11-38(20)12-26(30,31)32)24(40)36-10-14-2-3-15(8-18(14)28)44-27(33,34)35/h2-3,8-9,11,13H,4-7,10,12H2,1H3,(H,36,40)(H,41,42). The van der Waals surface area contributed by atoms with Gasteiger partial charge in [-0.15, -0.1) is 13.2 Å². The molecule has 1 saturated heterocycles. The van der Waals surface area contributed by atoms with Gasteiger partial charge in [0.05, 0.1) is 23.9 Å². The molecule has 2 heterocycles. The summed E-state index contributed by atoms with van der Waals surface area (Å²) in [5, 5.41) is 10.7. The molecule has 1 amide bonds. The average molecular weight is 654 g/mol. The minimum atomic E-state index is -4.98. The molecule has 44 heavy (non-hydrogen) atoms. The number of carbonyl (C=O) groups excluding carboxylic acids is 1. The van der Waals surface area contributed by atoms with Crippen LogP contribution in [0, 0.1) is 11.7 Å². The quantitative estimate of drug-likeness (QED) is 0.309. The first kappa shape index (κ1) is 32.7. The van der Waals surface area contributed by atoms with Crippen molar-refractivity contribution in [3.8, 4) is 11.5 Å². The van der Waals surface area contributed by atoms with Crippen molar-refractivity contribution in [2.24, 2.45) is 5.92 Å². The first-order valence-corrected chi connectivity index (χ1v) is 13.2. The molecule has 1 aliphatic heterocycles. The van der Waals surface area contributed by atoms with Gasteiger partial charge in [0, 0.05) is 30.9 Å². The molecular formula is C27H23ClF7N3O6. The van der Waals surface area contributed by atoms with E-state index in [1.54, 1.807) is 0 Å². The van der Waals surface area contributed by atoms with Crippen LogP contribution in [0.4, 0.5) is 36.4 Å². The first-order chi connectivity index (χ1) is 20.5. The molecule has 17 heteroatoms. The zero-order valence-corrected chi connectivity index (χ0v) is 23.4. The number of halogens is 8. The topological polar surface area (TPSA) is 110 Å². The van der Waals surface area contributed by atoms with Crippen LogP contribution in [-0.4, -0.2) is 54.3 Å². The summed E-state index contributed by atoms with van der Waals surface area (Å²) >= 11 is 5.97. The smallest absolute Gasteiger partial charge is 0.492 e. The number of benzene rings is 2. The Labute approximate surface area is 248 Å². The van der Waals surface area contributed by atoms with Gasteiger partial charge < -0.3 is 29.4 Å². The van der Waals surface area contributed by atoms with Crippen molar-refractivity contribution in [1.82, 2.24) is 9.88 Å². The van der Waals surface area contributed by atoms with Gasteiger partial charge in [-0.25, -0.2) is 4.39 Å². The van der Waals surface area contributed by atoms with Crippen LogP contribution >= 0.6 is 11.6 Å². The van der Waals surface area contributed by atoms with Crippen molar-refractivity contribution in [3.05, 3.63) is 62.7 Å². The van der Waals surface area contributed by atoms with E-state index in [9.17, 15) is 45.8 Å². The van der Waals surface area contributed by atoms with Crippen molar-refractivity contribution in [2.45, 2.75) is 38.5 Å². The number of hydrogen-bond acceptors (Lipinski definition) is 6. The van der Waals surface area contributed by atoms with Gasteiger partial charge in [-0.05, 0) is 36.6 Å². The van der Waals surface area contributed by atoms with E-state index in [0.29, 0.717) is 16.8 Å². The lowest BCUT2D eigenvalue weighted by molar-refractivity contribution is -0.274. The fourth-order valence-electron chi connectivity index (χ4n) is 4.95. The predicted molar refractivity (Wildman–Crippen MR) is 143 cm³/mol. The Bertz CT molecular complexity index is 1650. The van der Waals surface area contributed by atoms with Crippen LogP contribution in [0.1, 0.15) is 28.8 Å². The molecule has 3 aromatic rings. The molecule has 0 saturated carbocycles. The van der Waals surface area contributed by atoms with Crippen molar-refractivity contribution in [1.29, 1.82) is 0 Å². The highest BCUT2D eigenvalue weighted by atomic mass is 35.5. The average Bonchev–Trinajstić information content (AvgIpc) is 2.91. The number of carboxylic acids is 1. The maximum absolute atomic E-state index is 15.5. The van der Waals surface area contributed by atoms with Gasteiger partial charge in [0.15, 0.2) is 11.6 Å². The van der Waals surface area contributed by atoms with Crippen LogP contribution in [0.5, 0.6) is 11.5 Å². The van der Waals surface area contributed by atoms with E-state index in [1.165, 1.54) is 4.90 Å². The molecule has 9 nitrogen and oxygen atoms in total. The SMILES string of the molecule is COc1c(N2CCC(C(=O)O)CC2)c(F)cc2c(=O)c(C(=O)NCc3ccc(OC(F)(F)F)cc3Cl)cn(CC(F)(F)F)c12. The van der Waals surface area contributed by atoms with Gasteiger partial charge in [0.25, 0.3) is 5.91 Å². The fourth-order valence-corrected chi connectivity index (χ4v) is 5.18. The summed E-state index contributed by atoms with van der Waals surface area (Å²) in [6.45, 7) is -2.04. The number of piperidine rings is 1. The van der Waals surface area contributed by atoms with E-state index in [1.807, 2.05) is 0 Å². The van der Waals surface area contributed by atoms with Gasteiger partial charge in [-0.1, -0.05) is 17.7 Å². The van der Waals surface area contributed by atoms with E-state index < -0.39 is 82.6 Å². The van der Waals surface area contributed by atoms with Crippen molar-refractivity contribution >= 4 is 40.1 Å². The number of anilines is 1. The Hall–Kier alpha value is -4.21. The summed E-state index contributed by atoms with van der Waals surface area (Å²) in [6, 6.07) is 3.55. The number of nitrogens with one attached hydrogen (secondary N) is 1. The third-order valence-electron chi connectivity index (χ3n) is 6.90. The summed E-state index contributed by atoms with van der Waals surface area (Å²) in [6.07, 6.45) is -8.93. The van der Waals surface area contributed by atoms with Crippen LogP contribution in [-0.2, 0) is 17.9 Å². The van der Waals surface area contributed by atoms with Crippen molar-refractivity contribution in [3.63, 3.8) is 0 Å². The second kappa shape index (κ2) is 12.4. The van der Waals surface area contributed by atoms with Gasteiger partial charge >= 0.3 is 18.5 Å². The summed E-state index contributed by atoms with van der Waals surface area (Å²) in [7, 11) is 1.07. The number of hydrogen-bond donors (Lipinski definition) is 2. The second-order valence-corrected chi connectivity index (χ2v) is 10.2. The Kier molecular flexibility index (Phi) is 9.23. The molecule has 4 rings (SSSR count). The highest BCUT2D eigenvalue weighted by Crippen LogP contribution is 2.40. The summed E-state index contributed by atoms with van der Waals surface area (Å²) in [5.41, 5.74) is -2.51. The summed E-state index contributed by atoms with van der Waals surface area (Å²) < 4.78 is 103. The number of carbonyl (C=O) groups is 2. The number of pyridine rings is 1. The second-order valence-electron chi connectivity index (χ2n) is 9.83. The predicted octanol–water partition coefficient (Wildman–Crippen LogP) is 5.49. The van der Waals surface area contributed by atoms with E-state index in [0.717, 1.165) is 25.3 Å². The van der Waals surface area contributed by atoms with Crippen LogP contribution in [0.15, 0.2) is 35.3 Å². The maximum atomic E-state index is 15.5. The Morgan fingerprint density at radius 1 is 1.11 bits per heavy atom. The first-order valence-electron chi connectivity index (χ1n) is 12.8. The highest BCUT2D eigenvalue weighted by molar-refractivity contribution is 6.31. The third-order valence-corrected chi connectivity index (χ3v) is 7.25. The number of nitrogens with zero attached hydrogens (tertiary/aromatic N) is 2. The molecule has 0 radical (unpaired) electrons. The molecule has 2 N–H and O–H groups in total. The Morgan fingerprint density at radius 3 is 2.32 bits per heavy atom. The van der Waals surface area contributed by atoms with E-state index >= 15 is 4.39 Å². The fraction of sp³-hybridized carbons (Fsp3) is 0.370. The monoisotopic (exact) mass is 653 g/mol. The summed E-state index contributed by atoms with van der Waals surface area (Å²) in [5.74, 6) is -4.97. The molecule has 0 spiro atoms. The van der Waals surface area contributed by atoms with Crippen molar-refractivity contribution < 1.29 is 54.9 Å². The van der Waals surface area contributed by atoms with Crippen LogP contribution in [0.3, 0.4) is 0 Å². The number of ether oxygens (including phenoxy) is 2. The van der Waals surface area contributed by atoms with E-state index in [4.69, 9.17) is 16.3 Å². The number of fused-ring (bicyclic) bond motifs is 1. The third kappa shape index (κ3) is 7.29. The number of methoxy groups -OCH3 is 1. The lowest BCUT2D eigenvalue weighted by Gasteiger charge is -2.33. The molecule has 238 valence electrons. The van der Waals surface area contributed by atoms with E-state index in [2.05, 4.69) is 10.1 Å². The number of rotatable bonds is 8. The minimum absolute atomic E-state index is 0.0472. The van der Waals surface area contributed by atoms with Gasteiger partial charge in [0.1, 0.15) is 23.5 Å². The maximum Gasteiger partial charge on any atom is 0.573 e. The molecule has 0 aliphatic carbocycles. The molecular weight excluding hydrogens is 631 g/mol. The molecule has 1 aromatic heterocycles. The number of aliphatic carboxylic acids is 1. The Morgan fingerprint density at radius 2 is 1.77 bits per heavy atom. The normalized spacial score (nSPS) is 14.5. The van der Waals surface area contributed by atoms with Crippen molar-refractivity contribution in [2.75, 3.05) is 25.1 Å². The molecule has 0 atom stereocenters. The lowest BCUT2D eigenvalue weighted by Crippen LogP contribution is -2.37. The number of aromatic nitrogens is 1. The molecule has 0 bridgehead atoms. The molecule has 0 unspecified atom stereocenters. The largest absolute Gasteiger partial charge is 0.573 e.